The molecule has 2 aromatic rings. The van der Waals surface area contributed by atoms with Gasteiger partial charge in [0.1, 0.15) is 5.75 Å². The number of carbonyl (C=O) groups is 2. The van der Waals surface area contributed by atoms with Gasteiger partial charge in [-0.2, -0.15) is 0 Å². The van der Waals surface area contributed by atoms with Crippen LogP contribution in [0.3, 0.4) is 0 Å². The van der Waals surface area contributed by atoms with E-state index in [4.69, 9.17) is 4.74 Å². The first-order valence-corrected chi connectivity index (χ1v) is 7.37. The van der Waals surface area contributed by atoms with Gasteiger partial charge < -0.3 is 24.5 Å². The van der Waals surface area contributed by atoms with Crippen molar-refractivity contribution in [1.82, 2.24) is 0 Å². The summed E-state index contributed by atoms with van der Waals surface area (Å²) in [6.45, 7) is 3.27. The van der Waals surface area contributed by atoms with Gasteiger partial charge in [0.25, 0.3) is 0 Å². The van der Waals surface area contributed by atoms with Crippen LogP contribution in [0, 0.1) is 0 Å². The van der Waals surface area contributed by atoms with Gasteiger partial charge in [-0.1, -0.05) is 56.3 Å². The first-order chi connectivity index (χ1) is 11.3. The number of rotatable bonds is 5. The molecular weight excluding hydrogens is 308 g/mol. The van der Waals surface area contributed by atoms with Crippen LogP contribution in [0.15, 0.2) is 54.6 Å². The summed E-state index contributed by atoms with van der Waals surface area (Å²) in [5, 5.41) is 20.9. The lowest BCUT2D eigenvalue weighted by atomic mass is 9.85. The zero-order valence-corrected chi connectivity index (χ0v) is 13.9. The van der Waals surface area contributed by atoms with Crippen molar-refractivity contribution in [3.05, 3.63) is 65.7 Å². The summed E-state index contributed by atoms with van der Waals surface area (Å²) >= 11 is 0. The summed E-state index contributed by atoms with van der Waals surface area (Å²) in [5.41, 5.74) is 0.585. The molecule has 0 atom stereocenters. The molecule has 0 bridgehead atoms. The van der Waals surface area contributed by atoms with Crippen LogP contribution >= 0.6 is 0 Å². The smallest absolute Gasteiger partial charge is 0.118 e. The minimum atomic E-state index is -1.07. The van der Waals surface area contributed by atoms with Crippen molar-refractivity contribution in [3.8, 4) is 5.75 Å². The standard InChI is InChI=1S/C10H12O2.C9H10O3/c1-10(2,9(11)12)8-6-4-3-5-7-8;1-12-8-4-2-7(3-5-8)6-9(10)11/h3-7H,1-2H3,(H,11,12);2-5H,6H2,1H3,(H,10,11)/p-2. The van der Waals surface area contributed by atoms with Gasteiger partial charge in [-0.25, -0.2) is 0 Å². The average Bonchev–Trinajstić information content (AvgIpc) is 2.56. The van der Waals surface area contributed by atoms with E-state index in [9.17, 15) is 19.8 Å². The highest BCUT2D eigenvalue weighted by atomic mass is 16.5. The number of aliphatic carboxylic acids is 2. The lowest BCUT2D eigenvalue weighted by molar-refractivity contribution is -0.312. The van der Waals surface area contributed by atoms with E-state index < -0.39 is 17.4 Å². The second-order valence-corrected chi connectivity index (χ2v) is 5.68. The van der Waals surface area contributed by atoms with Crippen molar-refractivity contribution in [2.24, 2.45) is 0 Å². The molecule has 0 spiro atoms. The van der Waals surface area contributed by atoms with Crippen molar-refractivity contribution in [3.63, 3.8) is 0 Å². The van der Waals surface area contributed by atoms with E-state index in [1.54, 1.807) is 57.4 Å². The lowest BCUT2D eigenvalue weighted by Crippen LogP contribution is -2.41. The molecule has 128 valence electrons. The number of methoxy groups -OCH3 is 1. The third kappa shape index (κ3) is 5.76. The van der Waals surface area contributed by atoms with Gasteiger partial charge in [0, 0.05) is 17.8 Å². The third-order valence-corrected chi connectivity index (χ3v) is 3.51. The van der Waals surface area contributed by atoms with Gasteiger partial charge in [0.05, 0.1) is 13.1 Å². The van der Waals surface area contributed by atoms with E-state index in [1.807, 2.05) is 18.2 Å². The van der Waals surface area contributed by atoms with Gasteiger partial charge in [-0.3, -0.25) is 0 Å². The number of carbonyl (C=O) groups excluding carboxylic acids is 2. The quantitative estimate of drug-likeness (QED) is 0.806. The van der Waals surface area contributed by atoms with Crippen LogP contribution in [-0.2, 0) is 21.4 Å². The molecule has 0 heterocycles. The lowest BCUT2D eigenvalue weighted by Gasteiger charge is -2.26. The van der Waals surface area contributed by atoms with Crippen LogP contribution in [0.4, 0.5) is 0 Å². The van der Waals surface area contributed by atoms with E-state index in [0.717, 1.165) is 16.9 Å². The summed E-state index contributed by atoms with van der Waals surface area (Å²) in [5.74, 6) is -1.40. The van der Waals surface area contributed by atoms with Gasteiger partial charge >= 0.3 is 0 Å². The third-order valence-electron chi connectivity index (χ3n) is 3.51. The molecule has 0 aliphatic heterocycles. The van der Waals surface area contributed by atoms with Crippen LogP contribution in [-0.4, -0.2) is 19.0 Å². The minimum absolute atomic E-state index is 0.0516. The number of hydrogen-bond acceptors (Lipinski definition) is 5. The first kappa shape index (κ1) is 19.2. The maximum atomic E-state index is 10.7. The average molecular weight is 328 g/mol. The molecule has 0 amide bonds. The maximum Gasteiger partial charge on any atom is 0.118 e. The molecule has 0 saturated carbocycles. The molecule has 0 saturated heterocycles. The minimum Gasteiger partial charge on any atom is -0.550 e. The van der Waals surface area contributed by atoms with Gasteiger partial charge in [-0.05, 0) is 23.3 Å². The Bertz CT molecular complexity index is 660. The molecule has 5 heteroatoms. The predicted molar refractivity (Wildman–Crippen MR) is 86.2 cm³/mol. The van der Waals surface area contributed by atoms with E-state index in [2.05, 4.69) is 0 Å². The molecule has 0 fully saturated rings. The predicted octanol–water partition coefficient (Wildman–Crippen LogP) is 0.702. The Kier molecular flexibility index (Phi) is 6.98. The summed E-state index contributed by atoms with van der Waals surface area (Å²) in [6.07, 6.45) is -0.0516. The molecule has 0 N–H and O–H groups in total. The zero-order valence-electron chi connectivity index (χ0n) is 13.9. The number of ether oxygens (including phenoxy) is 1. The topological polar surface area (TPSA) is 89.5 Å². The van der Waals surface area contributed by atoms with Crippen LogP contribution in [0.5, 0.6) is 5.75 Å². The Morgan fingerprint density at radius 1 is 0.958 bits per heavy atom. The van der Waals surface area contributed by atoms with E-state index in [0.29, 0.717) is 0 Å². The second kappa shape index (κ2) is 8.72. The highest BCUT2D eigenvalue weighted by Gasteiger charge is 2.21. The van der Waals surface area contributed by atoms with Crippen molar-refractivity contribution < 1.29 is 24.5 Å². The fourth-order valence-electron chi connectivity index (χ4n) is 1.88. The largest absolute Gasteiger partial charge is 0.550 e. The molecule has 0 aliphatic carbocycles. The number of carboxylic acids is 2. The molecule has 0 aromatic heterocycles. The zero-order chi connectivity index (χ0) is 18.2. The van der Waals surface area contributed by atoms with E-state index in [-0.39, 0.29) is 6.42 Å². The Labute approximate surface area is 141 Å². The number of hydrogen-bond donors (Lipinski definition) is 0. The molecule has 2 aromatic carbocycles. The van der Waals surface area contributed by atoms with Crippen LogP contribution < -0.4 is 14.9 Å². The first-order valence-electron chi connectivity index (χ1n) is 7.37. The summed E-state index contributed by atoms with van der Waals surface area (Å²) in [7, 11) is 1.56. The highest BCUT2D eigenvalue weighted by molar-refractivity contribution is 5.78. The fraction of sp³-hybridized carbons (Fsp3) is 0.263. The molecule has 0 radical (unpaired) electrons. The maximum absolute atomic E-state index is 10.7. The molecule has 2 rings (SSSR count). The SMILES string of the molecule is CC(C)(C(=O)[O-])c1ccccc1.COc1ccc(CC(=O)[O-])cc1. The van der Waals surface area contributed by atoms with Gasteiger partial charge in [-0.15, -0.1) is 0 Å². The van der Waals surface area contributed by atoms with Gasteiger partial charge in [0.15, 0.2) is 0 Å². The Morgan fingerprint density at radius 3 is 1.92 bits per heavy atom. The van der Waals surface area contributed by atoms with Crippen molar-refractivity contribution in [1.29, 1.82) is 0 Å². The van der Waals surface area contributed by atoms with Crippen molar-refractivity contribution in [2.75, 3.05) is 7.11 Å². The summed E-state index contributed by atoms with van der Waals surface area (Å²) < 4.78 is 4.91. The van der Waals surface area contributed by atoms with Crippen LogP contribution in [0.25, 0.3) is 0 Å². The molecule has 5 nitrogen and oxygen atoms in total. The monoisotopic (exact) mass is 328 g/mol. The Balaban J connectivity index is 0.000000240. The molecule has 0 unspecified atom stereocenters. The summed E-state index contributed by atoms with van der Waals surface area (Å²) in [6, 6.07) is 15.9. The normalized spacial score (nSPS) is 10.3. The second-order valence-electron chi connectivity index (χ2n) is 5.68. The van der Waals surface area contributed by atoms with Gasteiger partial charge in [0.2, 0.25) is 0 Å². The molecular formula is C19H20O5-2. The van der Waals surface area contributed by atoms with E-state index in [1.165, 1.54) is 0 Å². The molecule has 0 aliphatic rings. The summed E-state index contributed by atoms with van der Waals surface area (Å²) in [4.78, 5) is 20.9. The highest BCUT2D eigenvalue weighted by Crippen LogP contribution is 2.21. The number of benzene rings is 2. The van der Waals surface area contributed by atoms with Crippen molar-refractivity contribution in [2.45, 2.75) is 25.7 Å². The fourth-order valence-corrected chi connectivity index (χ4v) is 1.88. The van der Waals surface area contributed by atoms with E-state index >= 15 is 0 Å². The Hall–Kier alpha value is -2.82. The van der Waals surface area contributed by atoms with Crippen LogP contribution in [0.1, 0.15) is 25.0 Å². The van der Waals surface area contributed by atoms with Crippen LogP contribution in [0.2, 0.25) is 0 Å². The molecule has 24 heavy (non-hydrogen) atoms. The van der Waals surface area contributed by atoms with Crippen molar-refractivity contribution >= 4 is 11.9 Å². The number of carboxylic acid groups (broad SMARTS) is 2. The Morgan fingerprint density at radius 2 is 1.50 bits per heavy atom.